The normalized spacial score (nSPS) is 12.8. The van der Waals surface area contributed by atoms with Crippen LogP contribution < -0.4 is 5.32 Å². The Hall–Kier alpha value is -1.54. The number of nitrogens with zero attached hydrogens (tertiary/aromatic N) is 1. The van der Waals surface area contributed by atoms with Crippen molar-refractivity contribution in [2.75, 3.05) is 17.3 Å². The first-order chi connectivity index (χ1) is 7.42. The van der Waals surface area contributed by atoms with Crippen molar-refractivity contribution in [3.05, 3.63) is 29.8 Å². The molecular formula is C11H14N2O2S. The summed E-state index contributed by atoms with van der Waals surface area (Å²) in [5.74, 6) is 0.0484. The molecule has 1 atom stereocenters. The Morgan fingerprint density at radius 3 is 2.62 bits per heavy atom. The molecule has 1 unspecified atom stereocenters. The van der Waals surface area contributed by atoms with E-state index in [1.54, 1.807) is 31.2 Å². The Kier molecular flexibility index (Phi) is 3.91. The van der Waals surface area contributed by atoms with E-state index in [9.17, 15) is 8.42 Å². The van der Waals surface area contributed by atoms with Gasteiger partial charge in [0.2, 0.25) is 0 Å². The highest BCUT2D eigenvalue weighted by atomic mass is 32.2. The van der Waals surface area contributed by atoms with Crippen LogP contribution in [0.2, 0.25) is 0 Å². The molecule has 0 aliphatic carbocycles. The third-order valence-corrected chi connectivity index (χ3v) is 3.11. The van der Waals surface area contributed by atoms with E-state index < -0.39 is 9.84 Å². The Bertz CT molecular complexity index is 503. The zero-order valence-electron chi connectivity index (χ0n) is 9.27. The average molecular weight is 238 g/mol. The number of hydrogen-bond donors (Lipinski definition) is 1. The van der Waals surface area contributed by atoms with E-state index in [0.29, 0.717) is 11.3 Å². The Labute approximate surface area is 95.8 Å². The van der Waals surface area contributed by atoms with Crippen LogP contribution in [-0.2, 0) is 9.84 Å². The first-order valence-corrected chi connectivity index (χ1v) is 6.92. The average Bonchev–Trinajstić information content (AvgIpc) is 2.15. The molecular weight excluding hydrogens is 224 g/mol. The van der Waals surface area contributed by atoms with E-state index in [0.717, 1.165) is 0 Å². The SMILES string of the molecule is CC(CS(C)(=O)=O)Nc1ccccc1C#N. The number of para-hydroxylation sites is 1. The predicted octanol–water partition coefficient (Wildman–Crippen LogP) is 1.40. The van der Waals surface area contributed by atoms with Crippen LogP contribution in [0, 0.1) is 11.3 Å². The minimum atomic E-state index is -3.01. The largest absolute Gasteiger partial charge is 0.380 e. The number of hydrogen-bond acceptors (Lipinski definition) is 4. The van der Waals surface area contributed by atoms with E-state index in [2.05, 4.69) is 11.4 Å². The maximum Gasteiger partial charge on any atom is 0.149 e. The monoisotopic (exact) mass is 238 g/mol. The van der Waals surface area contributed by atoms with Gasteiger partial charge in [-0.15, -0.1) is 0 Å². The van der Waals surface area contributed by atoms with E-state index >= 15 is 0 Å². The number of sulfone groups is 1. The second kappa shape index (κ2) is 4.99. The van der Waals surface area contributed by atoms with Crippen LogP contribution in [0.25, 0.3) is 0 Å². The molecule has 86 valence electrons. The molecule has 1 N–H and O–H groups in total. The van der Waals surface area contributed by atoms with Crippen molar-refractivity contribution in [2.45, 2.75) is 13.0 Å². The van der Waals surface area contributed by atoms with Gasteiger partial charge in [-0.05, 0) is 19.1 Å². The van der Waals surface area contributed by atoms with Crippen LogP contribution in [0.4, 0.5) is 5.69 Å². The minimum Gasteiger partial charge on any atom is -0.380 e. The van der Waals surface area contributed by atoms with E-state index in [4.69, 9.17) is 5.26 Å². The molecule has 1 aromatic rings. The van der Waals surface area contributed by atoms with Gasteiger partial charge >= 0.3 is 0 Å². The summed E-state index contributed by atoms with van der Waals surface area (Å²) in [6.07, 6.45) is 1.20. The second-order valence-electron chi connectivity index (χ2n) is 3.80. The molecule has 1 aromatic carbocycles. The first-order valence-electron chi connectivity index (χ1n) is 4.86. The topological polar surface area (TPSA) is 70.0 Å². The van der Waals surface area contributed by atoms with Crippen molar-refractivity contribution >= 4 is 15.5 Å². The van der Waals surface area contributed by atoms with Gasteiger partial charge in [-0.25, -0.2) is 8.42 Å². The summed E-state index contributed by atoms with van der Waals surface area (Å²) >= 11 is 0. The molecule has 0 saturated carbocycles. The number of nitriles is 1. The van der Waals surface area contributed by atoms with Crippen molar-refractivity contribution < 1.29 is 8.42 Å². The quantitative estimate of drug-likeness (QED) is 0.860. The third-order valence-electron chi connectivity index (χ3n) is 2.00. The van der Waals surface area contributed by atoms with Gasteiger partial charge < -0.3 is 5.32 Å². The number of benzene rings is 1. The lowest BCUT2D eigenvalue weighted by Gasteiger charge is -2.14. The van der Waals surface area contributed by atoms with E-state index in [-0.39, 0.29) is 11.8 Å². The van der Waals surface area contributed by atoms with Gasteiger partial charge in [-0.1, -0.05) is 12.1 Å². The highest BCUT2D eigenvalue weighted by Crippen LogP contribution is 2.14. The van der Waals surface area contributed by atoms with Gasteiger partial charge in [0.25, 0.3) is 0 Å². The fourth-order valence-corrected chi connectivity index (χ4v) is 2.46. The fourth-order valence-electron chi connectivity index (χ4n) is 1.47. The van der Waals surface area contributed by atoms with Gasteiger partial charge in [0.15, 0.2) is 0 Å². The molecule has 0 saturated heterocycles. The second-order valence-corrected chi connectivity index (χ2v) is 5.98. The summed E-state index contributed by atoms with van der Waals surface area (Å²) in [6.45, 7) is 1.77. The summed E-state index contributed by atoms with van der Waals surface area (Å²) in [4.78, 5) is 0. The lowest BCUT2D eigenvalue weighted by Crippen LogP contribution is -2.25. The molecule has 0 aliphatic rings. The standard InChI is InChI=1S/C11H14N2O2S/c1-9(8-16(2,14)15)13-11-6-4-3-5-10(11)7-12/h3-6,9,13H,8H2,1-2H3. The van der Waals surface area contributed by atoms with Crippen LogP contribution >= 0.6 is 0 Å². The third kappa shape index (κ3) is 3.91. The van der Waals surface area contributed by atoms with Gasteiger partial charge in [0.1, 0.15) is 15.9 Å². The molecule has 0 bridgehead atoms. The fraction of sp³-hybridized carbons (Fsp3) is 0.364. The molecule has 5 heteroatoms. The summed E-state index contributed by atoms with van der Waals surface area (Å²) in [5, 5.41) is 11.9. The lowest BCUT2D eigenvalue weighted by atomic mass is 10.2. The van der Waals surface area contributed by atoms with E-state index in [1.165, 1.54) is 6.26 Å². The van der Waals surface area contributed by atoms with Crippen molar-refractivity contribution in [2.24, 2.45) is 0 Å². The van der Waals surface area contributed by atoms with Crippen LogP contribution in [0.15, 0.2) is 24.3 Å². The minimum absolute atomic E-state index is 0.0484. The van der Waals surface area contributed by atoms with Gasteiger partial charge in [0, 0.05) is 12.3 Å². The van der Waals surface area contributed by atoms with Gasteiger partial charge in [-0.2, -0.15) is 5.26 Å². The maximum absolute atomic E-state index is 11.1. The molecule has 0 amide bonds. The number of rotatable bonds is 4. The Balaban J connectivity index is 2.78. The van der Waals surface area contributed by atoms with Crippen LogP contribution in [0.1, 0.15) is 12.5 Å². The molecule has 4 nitrogen and oxygen atoms in total. The van der Waals surface area contributed by atoms with Crippen LogP contribution in [0.3, 0.4) is 0 Å². The predicted molar refractivity (Wildman–Crippen MR) is 64.0 cm³/mol. The zero-order valence-corrected chi connectivity index (χ0v) is 10.1. The molecule has 0 fully saturated rings. The van der Waals surface area contributed by atoms with Crippen LogP contribution in [0.5, 0.6) is 0 Å². The van der Waals surface area contributed by atoms with Crippen molar-refractivity contribution in [1.29, 1.82) is 5.26 Å². The molecule has 0 radical (unpaired) electrons. The smallest absolute Gasteiger partial charge is 0.149 e. The Morgan fingerprint density at radius 2 is 2.06 bits per heavy atom. The van der Waals surface area contributed by atoms with Gasteiger partial charge in [-0.3, -0.25) is 0 Å². The van der Waals surface area contributed by atoms with E-state index in [1.807, 2.05) is 0 Å². The molecule has 0 aromatic heterocycles. The number of anilines is 1. The molecule has 1 rings (SSSR count). The number of nitrogens with one attached hydrogen (secondary N) is 1. The van der Waals surface area contributed by atoms with Crippen molar-refractivity contribution in [1.82, 2.24) is 0 Å². The first kappa shape index (κ1) is 12.5. The molecule has 0 heterocycles. The van der Waals surface area contributed by atoms with Crippen LogP contribution in [-0.4, -0.2) is 26.5 Å². The van der Waals surface area contributed by atoms with Crippen molar-refractivity contribution in [3.63, 3.8) is 0 Å². The summed E-state index contributed by atoms with van der Waals surface area (Å²) in [6, 6.07) is 8.86. The highest BCUT2D eigenvalue weighted by Gasteiger charge is 2.11. The highest BCUT2D eigenvalue weighted by molar-refractivity contribution is 7.90. The maximum atomic E-state index is 11.1. The summed E-state index contributed by atoms with van der Waals surface area (Å²) in [5.41, 5.74) is 1.18. The molecule has 0 spiro atoms. The van der Waals surface area contributed by atoms with Gasteiger partial charge in [0.05, 0.1) is 17.0 Å². The molecule has 0 aliphatic heterocycles. The van der Waals surface area contributed by atoms with Crippen molar-refractivity contribution in [3.8, 4) is 6.07 Å². The lowest BCUT2D eigenvalue weighted by molar-refractivity contribution is 0.598. The Morgan fingerprint density at radius 1 is 1.44 bits per heavy atom. The summed E-state index contributed by atoms with van der Waals surface area (Å²) < 4.78 is 22.2. The zero-order chi connectivity index (χ0) is 12.2. The summed E-state index contributed by atoms with van der Waals surface area (Å²) in [7, 11) is -3.01. The molecule has 16 heavy (non-hydrogen) atoms.